The first-order valence-electron chi connectivity index (χ1n) is 32.7. The summed E-state index contributed by atoms with van der Waals surface area (Å²) in [5.74, 6) is -0.783. The van der Waals surface area contributed by atoms with Crippen molar-refractivity contribution in [3.63, 3.8) is 0 Å². The van der Waals surface area contributed by atoms with E-state index < -0.39 is 220 Å². The molecule has 0 aromatic heterocycles. The van der Waals surface area contributed by atoms with Crippen LogP contribution in [0.3, 0.4) is 0 Å². The molecule has 5 aliphatic carbocycles. The quantitative estimate of drug-likeness (QED) is 0.0455. The number of carbonyl (C=O) groups is 1. The van der Waals surface area contributed by atoms with E-state index in [1.165, 1.54) is 13.8 Å². The van der Waals surface area contributed by atoms with Crippen LogP contribution in [-0.2, 0) is 61.6 Å². The van der Waals surface area contributed by atoms with Crippen molar-refractivity contribution >= 4 is 5.97 Å². The third kappa shape index (κ3) is 12.1. The lowest BCUT2D eigenvalue weighted by Gasteiger charge is -2.71. The van der Waals surface area contributed by atoms with Gasteiger partial charge in [-0.25, -0.2) is 0 Å². The Balaban J connectivity index is 0.777. The summed E-state index contributed by atoms with van der Waals surface area (Å²) in [6, 6.07) is 0. The third-order valence-electron chi connectivity index (χ3n) is 24.2. The summed E-state index contributed by atoms with van der Waals surface area (Å²) in [7, 11) is 0. The standard InChI is InChI=1S/C63H100O29/c1-24-11-16-63(58(80)92-56-47(78)42(73)39(70)32(87-56)23-83-52-48(79)43(74)50(31(20-64)86-52)90-54-45(76)40(71)36(67)25(2)84-54)18-17-61(7)27(28(63)19-24)9-10-34-60(6)14-13-35(59(4,5)33(60)12-15-62(34,61)8)88-57-51(91-55-46(77)41(72)37(68)26(3)85-55)49(30(66)22-82-57)89-53-44(75)38(69)29(65)21-81-53/h9,25-26,28-57,64-79H,1,10-23H2,2-8H3/t25-,26-,28-,29+,30-,31+,32+,33-,34+,35-,36-,37-,38-,39+,40+,41+,42-,43+,44+,45+,46+,47+,48+,49-,50+,51+,52+,53-,54-,55-,56-,57-,60-,61+,62+,63-/m0/s1. The number of aliphatic hydroxyl groups is 16. The molecule has 11 aliphatic rings. The summed E-state index contributed by atoms with van der Waals surface area (Å²) in [6.45, 7) is 16.5. The molecule has 6 saturated heterocycles. The Morgan fingerprint density at radius 2 is 1.11 bits per heavy atom. The molecule has 0 bridgehead atoms. The zero-order valence-electron chi connectivity index (χ0n) is 53.1. The van der Waals surface area contributed by atoms with Crippen LogP contribution in [0.1, 0.15) is 113 Å². The summed E-state index contributed by atoms with van der Waals surface area (Å²) in [5.41, 5.74) is -0.506. The highest BCUT2D eigenvalue weighted by atomic mass is 16.8. The highest BCUT2D eigenvalue weighted by molar-refractivity contribution is 5.79. The van der Waals surface area contributed by atoms with Crippen molar-refractivity contribution in [3.8, 4) is 0 Å². The minimum atomic E-state index is -1.92. The van der Waals surface area contributed by atoms with Gasteiger partial charge in [-0.15, -0.1) is 0 Å². The van der Waals surface area contributed by atoms with Gasteiger partial charge in [0.25, 0.3) is 0 Å². The number of allylic oxidation sites excluding steroid dienone is 3. The van der Waals surface area contributed by atoms with E-state index in [4.69, 9.17) is 56.8 Å². The molecule has 0 amide bonds. The Hall–Kier alpha value is -2.13. The normalized spacial score (nSPS) is 54.6. The van der Waals surface area contributed by atoms with Crippen LogP contribution < -0.4 is 0 Å². The highest BCUT2D eigenvalue weighted by Crippen LogP contribution is 2.76. The zero-order valence-corrected chi connectivity index (χ0v) is 53.1. The molecule has 0 radical (unpaired) electrons. The molecule has 11 rings (SSSR count). The second-order valence-electron chi connectivity index (χ2n) is 29.6. The molecule has 92 heavy (non-hydrogen) atoms. The molecule has 0 aromatic rings. The van der Waals surface area contributed by atoms with Crippen molar-refractivity contribution in [2.24, 2.45) is 44.8 Å². The average Bonchev–Trinajstić information content (AvgIpc) is 0.678. The Kier molecular flexibility index (Phi) is 20.8. The number of hydrogen-bond donors (Lipinski definition) is 16. The number of carbonyl (C=O) groups excluding carboxylic acids is 1. The lowest BCUT2D eigenvalue weighted by Crippen LogP contribution is -2.66. The van der Waals surface area contributed by atoms with Crippen molar-refractivity contribution in [3.05, 3.63) is 23.8 Å². The van der Waals surface area contributed by atoms with Gasteiger partial charge in [0, 0.05) is 5.92 Å². The predicted octanol–water partition coefficient (Wildman–Crippen LogP) is -3.52. The minimum absolute atomic E-state index is 0.0781. The maximum absolute atomic E-state index is 15.2. The molecule has 0 aromatic carbocycles. The van der Waals surface area contributed by atoms with Crippen LogP contribution in [0.15, 0.2) is 23.8 Å². The smallest absolute Gasteiger partial charge is 0.315 e. The molecule has 36 atom stereocenters. The molecule has 16 N–H and O–H groups in total. The molecule has 526 valence electrons. The number of aliphatic hydroxyl groups excluding tert-OH is 16. The van der Waals surface area contributed by atoms with Crippen molar-refractivity contribution in [1.29, 1.82) is 0 Å². The van der Waals surface area contributed by atoms with Gasteiger partial charge in [-0.3, -0.25) is 4.79 Å². The van der Waals surface area contributed by atoms with Gasteiger partial charge >= 0.3 is 5.97 Å². The fourth-order valence-corrected chi connectivity index (χ4v) is 18.3. The first-order chi connectivity index (χ1) is 43.2. The number of ether oxygens (including phenoxy) is 12. The summed E-state index contributed by atoms with van der Waals surface area (Å²) in [5, 5.41) is 173. The van der Waals surface area contributed by atoms with E-state index in [0.29, 0.717) is 44.9 Å². The van der Waals surface area contributed by atoms with E-state index in [1.807, 2.05) is 0 Å². The van der Waals surface area contributed by atoms with Crippen LogP contribution in [0.4, 0.5) is 0 Å². The lowest BCUT2D eigenvalue weighted by atomic mass is 9.34. The largest absolute Gasteiger partial charge is 0.432 e. The number of rotatable bonds is 14. The van der Waals surface area contributed by atoms with Gasteiger partial charge in [0.15, 0.2) is 31.5 Å². The van der Waals surface area contributed by atoms with Crippen LogP contribution in [-0.4, -0.2) is 292 Å². The zero-order chi connectivity index (χ0) is 66.8. The van der Waals surface area contributed by atoms with E-state index in [0.717, 1.165) is 30.4 Å². The molecule has 6 heterocycles. The van der Waals surface area contributed by atoms with Crippen LogP contribution in [0, 0.1) is 44.8 Å². The molecule has 6 aliphatic heterocycles. The lowest BCUT2D eigenvalue weighted by molar-refractivity contribution is -0.383. The second kappa shape index (κ2) is 26.8. The maximum Gasteiger partial charge on any atom is 0.315 e. The Labute approximate surface area is 533 Å². The molecule has 29 nitrogen and oxygen atoms in total. The van der Waals surface area contributed by atoms with E-state index in [9.17, 15) is 81.7 Å². The highest BCUT2D eigenvalue weighted by Gasteiger charge is 2.70. The van der Waals surface area contributed by atoms with Crippen molar-refractivity contribution in [1.82, 2.24) is 0 Å². The minimum Gasteiger partial charge on any atom is -0.432 e. The molecule has 0 spiro atoms. The first-order valence-corrected chi connectivity index (χ1v) is 32.7. The summed E-state index contributed by atoms with van der Waals surface area (Å²) < 4.78 is 72.1. The van der Waals surface area contributed by atoms with Crippen molar-refractivity contribution < 1.29 is 143 Å². The number of esters is 1. The summed E-state index contributed by atoms with van der Waals surface area (Å²) >= 11 is 0. The van der Waals surface area contributed by atoms with Crippen molar-refractivity contribution in [2.75, 3.05) is 26.4 Å². The van der Waals surface area contributed by atoms with Gasteiger partial charge in [0.1, 0.15) is 122 Å². The van der Waals surface area contributed by atoms with Crippen LogP contribution >= 0.6 is 0 Å². The van der Waals surface area contributed by atoms with Gasteiger partial charge in [-0.05, 0) is 112 Å². The Bertz CT molecular complexity index is 2620. The molecule has 10 fully saturated rings. The third-order valence-corrected chi connectivity index (χ3v) is 24.2. The molecule has 29 heteroatoms. The fraction of sp³-hybridized carbons (Fsp3) is 0.921. The van der Waals surface area contributed by atoms with Crippen molar-refractivity contribution in [2.45, 2.75) is 291 Å². The molecule has 4 saturated carbocycles. The van der Waals surface area contributed by atoms with Gasteiger partial charge in [-0.1, -0.05) is 58.4 Å². The maximum atomic E-state index is 15.2. The number of hydrogen-bond acceptors (Lipinski definition) is 29. The van der Waals surface area contributed by atoms with E-state index >= 15 is 4.79 Å². The monoisotopic (exact) mass is 1320 g/mol. The van der Waals surface area contributed by atoms with Crippen LogP contribution in [0.2, 0.25) is 0 Å². The molecular weight excluding hydrogens is 1220 g/mol. The summed E-state index contributed by atoms with van der Waals surface area (Å²) in [4.78, 5) is 15.2. The second-order valence-corrected chi connectivity index (χ2v) is 29.6. The fourth-order valence-electron chi connectivity index (χ4n) is 18.3. The van der Waals surface area contributed by atoms with Gasteiger partial charge in [0.05, 0.1) is 50.2 Å². The van der Waals surface area contributed by atoms with E-state index in [1.54, 1.807) is 0 Å². The van der Waals surface area contributed by atoms with E-state index in [-0.39, 0.29) is 35.2 Å². The Morgan fingerprint density at radius 3 is 1.76 bits per heavy atom. The topological polar surface area (TPSA) is 452 Å². The molecule has 0 unspecified atom stereocenters. The van der Waals surface area contributed by atoms with E-state index in [2.05, 4.69) is 47.3 Å². The summed E-state index contributed by atoms with van der Waals surface area (Å²) in [6.07, 6.45) is -36.6. The average molecular weight is 1320 g/mol. The SMILES string of the molecule is C=C1CC[C@]2(C(=O)O[C@@H]3O[C@H](CO[C@@H]4O[C@H](CO)[C@@H](O[C@@H]5O[C@@H](C)[C@H](O)[C@@H](O)[C@H]5O)[C@H](O)[C@H]4O)[C@@H](O)[C@H](O)[C@H]3O)CC[C@]3(C)C(=CC[C@@H]4[C@@]5(C)CC[C@H](O[C@@H]6OC[C@H](O)[C@H](O[C@@H]7OC[C@@H](O)[C@H](O)[C@H]7O)[C@H]6O[C@@H]6O[C@@H](C)[C@H](O)[C@@H](O)[C@H]6O)C(C)(C)[C@@H]5CC[C@]43C)[C@@H]2C1. The first kappa shape index (κ1) is 71.2. The molecular formula is C63H100O29. The Morgan fingerprint density at radius 1 is 0.543 bits per heavy atom. The number of fused-ring (bicyclic) bond motifs is 7. The van der Waals surface area contributed by atoms with Gasteiger partial charge < -0.3 is 139 Å². The predicted molar refractivity (Wildman–Crippen MR) is 309 cm³/mol. The van der Waals surface area contributed by atoms with Crippen LogP contribution in [0.5, 0.6) is 0 Å². The van der Waals surface area contributed by atoms with Gasteiger partial charge in [-0.2, -0.15) is 0 Å². The van der Waals surface area contributed by atoms with Crippen LogP contribution in [0.25, 0.3) is 0 Å². The van der Waals surface area contributed by atoms with Gasteiger partial charge in [0.2, 0.25) is 6.29 Å².